The van der Waals surface area contributed by atoms with E-state index in [1.807, 2.05) is 18.5 Å². The molecule has 3 heterocycles. The number of nitrogens with zero attached hydrogens (tertiary/aromatic N) is 5. The quantitative estimate of drug-likeness (QED) is 0.849. The van der Waals surface area contributed by atoms with Crippen molar-refractivity contribution in [2.75, 3.05) is 26.7 Å². The van der Waals surface area contributed by atoms with E-state index in [1.54, 1.807) is 6.20 Å². The van der Waals surface area contributed by atoms with Crippen molar-refractivity contribution in [1.29, 1.82) is 0 Å². The molecule has 2 aromatic heterocycles. The maximum absolute atomic E-state index is 4.38. The van der Waals surface area contributed by atoms with Crippen molar-refractivity contribution in [3.63, 3.8) is 0 Å². The van der Waals surface area contributed by atoms with E-state index in [-0.39, 0.29) is 0 Å². The molecule has 1 aliphatic rings. The topological polar surface area (TPSA) is 36.7 Å². The van der Waals surface area contributed by atoms with E-state index in [2.05, 4.69) is 45.1 Å². The van der Waals surface area contributed by atoms with Gasteiger partial charge in [0, 0.05) is 44.6 Å². The summed E-state index contributed by atoms with van der Waals surface area (Å²) < 4.78 is 2.09. The average Bonchev–Trinajstić information content (AvgIpc) is 2.84. The van der Waals surface area contributed by atoms with Crippen molar-refractivity contribution < 1.29 is 0 Å². The Morgan fingerprint density at radius 2 is 2.15 bits per heavy atom. The summed E-state index contributed by atoms with van der Waals surface area (Å²) in [5.41, 5.74) is 1.23. The molecule has 0 aromatic carbocycles. The first kappa shape index (κ1) is 13.5. The number of piperazine rings is 1. The Kier molecular flexibility index (Phi) is 3.72. The Hall–Kier alpha value is -1.46. The first-order chi connectivity index (χ1) is 9.65. The van der Waals surface area contributed by atoms with Crippen LogP contribution in [-0.4, -0.2) is 56.9 Å². The summed E-state index contributed by atoms with van der Waals surface area (Å²) in [7, 11) is 2.21. The van der Waals surface area contributed by atoms with Crippen molar-refractivity contribution in [2.24, 2.45) is 5.92 Å². The molecule has 0 unspecified atom stereocenters. The molecular formula is C15H23N5. The van der Waals surface area contributed by atoms with Crippen molar-refractivity contribution in [3.05, 3.63) is 30.4 Å². The highest BCUT2D eigenvalue weighted by Gasteiger charge is 2.28. The Balaban J connectivity index is 1.82. The van der Waals surface area contributed by atoms with E-state index in [0.717, 1.165) is 32.0 Å². The summed E-state index contributed by atoms with van der Waals surface area (Å²) in [5.74, 6) is 1.45. The molecule has 0 spiro atoms. The molecule has 5 heteroatoms. The van der Waals surface area contributed by atoms with E-state index in [4.69, 9.17) is 0 Å². The molecule has 1 atom stereocenters. The van der Waals surface area contributed by atoms with Crippen molar-refractivity contribution >= 4 is 5.78 Å². The van der Waals surface area contributed by atoms with Gasteiger partial charge in [-0.3, -0.25) is 9.30 Å². The van der Waals surface area contributed by atoms with E-state index < -0.39 is 0 Å². The molecule has 5 nitrogen and oxygen atoms in total. The van der Waals surface area contributed by atoms with Gasteiger partial charge in [0.1, 0.15) is 0 Å². The second-order valence-electron chi connectivity index (χ2n) is 6.08. The molecule has 0 bridgehead atoms. The smallest absolute Gasteiger partial charge is 0.233 e. The third-order valence-electron chi connectivity index (χ3n) is 4.24. The molecule has 3 rings (SSSR count). The van der Waals surface area contributed by atoms with Crippen LogP contribution >= 0.6 is 0 Å². The van der Waals surface area contributed by atoms with Crippen LogP contribution in [0.5, 0.6) is 0 Å². The first-order valence-electron chi connectivity index (χ1n) is 7.34. The normalized spacial score (nSPS) is 21.9. The molecule has 108 valence electrons. The number of imidazole rings is 1. The number of fused-ring (bicyclic) bond motifs is 1. The molecule has 1 fully saturated rings. The van der Waals surface area contributed by atoms with Crippen LogP contribution in [0.4, 0.5) is 0 Å². The van der Waals surface area contributed by atoms with E-state index in [9.17, 15) is 0 Å². The molecule has 1 saturated heterocycles. The van der Waals surface area contributed by atoms with Gasteiger partial charge in [0.25, 0.3) is 0 Å². The molecule has 0 aliphatic carbocycles. The van der Waals surface area contributed by atoms with E-state index >= 15 is 0 Å². The second-order valence-corrected chi connectivity index (χ2v) is 6.08. The predicted octanol–water partition coefficient (Wildman–Crippen LogP) is 1.50. The van der Waals surface area contributed by atoms with Gasteiger partial charge in [-0.05, 0) is 19.0 Å². The standard InChI is InChI=1S/C15H23N5/c1-12(2)14-11-18(3)7-8-19(14)10-13-9-17-15-16-5-4-6-20(13)15/h4-6,9,12,14H,7-8,10-11H2,1-3H3/t14-/m0/s1. The molecule has 20 heavy (non-hydrogen) atoms. The van der Waals surface area contributed by atoms with Gasteiger partial charge in [0.2, 0.25) is 5.78 Å². The molecule has 0 radical (unpaired) electrons. The third-order valence-corrected chi connectivity index (χ3v) is 4.24. The number of rotatable bonds is 3. The minimum atomic E-state index is 0.607. The zero-order valence-corrected chi connectivity index (χ0v) is 12.5. The summed E-state index contributed by atoms with van der Waals surface area (Å²) in [6, 6.07) is 2.57. The highest BCUT2D eigenvalue weighted by molar-refractivity contribution is 5.30. The summed E-state index contributed by atoms with van der Waals surface area (Å²) in [4.78, 5) is 13.7. The van der Waals surface area contributed by atoms with Crippen LogP contribution in [0.25, 0.3) is 5.78 Å². The maximum Gasteiger partial charge on any atom is 0.233 e. The van der Waals surface area contributed by atoms with Gasteiger partial charge >= 0.3 is 0 Å². The molecule has 0 N–H and O–H groups in total. The third kappa shape index (κ3) is 2.55. The second kappa shape index (κ2) is 5.50. The molecule has 0 saturated carbocycles. The monoisotopic (exact) mass is 273 g/mol. The fraction of sp³-hybridized carbons (Fsp3) is 0.600. The largest absolute Gasteiger partial charge is 0.304 e. The maximum atomic E-state index is 4.38. The van der Waals surface area contributed by atoms with Gasteiger partial charge in [-0.1, -0.05) is 13.8 Å². The Bertz CT molecular complexity index is 576. The summed E-state index contributed by atoms with van der Waals surface area (Å²) in [6.45, 7) is 8.97. The number of likely N-dealkylation sites (N-methyl/N-ethyl adjacent to an activating group) is 1. The SMILES string of the molecule is CC(C)[C@@H]1CN(C)CCN1Cc1cnc2ncccn12. The van der Waals surface area contributed by atoms with Crippen LogP contribution in [0.3, 0.4) is 0 Å². The Morgan fingerprint density at radius 3 is 2.95 bits per heavy atom. The highest BCUT2D eigenvalue weighted by atomic mass is 15.3. The van der Waals surface area contributed by atoms with Crippen LogP contribution in [0.15, 0.2) is 24.7 Å². The first-order valence-corrected chi connectivity index (χ1v) is 7.34. The van der Waals surface area contributed by atoms with Crippen LogP contribution in [0, 0.1) is 5.92 Å². The number of hydrogen-bond acceptors (Lipinski definition) is 4. The Morgan fingerprint density at radius 1 is 1.30 bits per heavy atom. The van der Waals surface area contributed by atoms with Crippen molar-refractivity contribution in [2.45, 2.75) is 26.4 Å². The van der Waals surface area contributed by atoms with E-state index in [0.29, 0.717) is 12.0 Å². The van der Waals surface area contributed by atoms with Gasteiger partial charge in [-0.2, -0.15) is 0 Å². The zero-order chi connectivity index (χ0) is 14.1. The summed E-state index contributed by atoms with van der Waals surface area (Å²) >= 11 is 0. The predicted molar refractivity (Wildman–Crippen MR) is 79.5 cm³/mol. The molecular weight excluding hydrogens is 250 g/mol. The summed E-state index contributed by atoms with van der Waals surface area (Å²) in [5, 5.41) is 0. The lowest BCUT2D eigenvalue weighted by Crippen LogP contribution is -2.53. The molecule has 2 aromatic rings. The lowest BCUT2D eigenvalue weighted by Gasteiger charge is -2.42. The van der Waals surface area contributed by atoms with Crippen molar-refractivity contribution in [3.8, 4) is 0 Å². The fourth-order valence-corrected chi connectivity index (χ4v) is 3.02. The van der Waals surface area contributed by atoms with Gasteiger partial charge in [-0.25, -0.2) is 9.97 Å². The lowest BCUT2D eigenvalue weighted by molar-refractivity contribution is 0.0559. The number of hydrogen-bond donors (Lipinski definition) is 0. The van der Waals surface area contributed by atoms with Gasteiger partial charge in [0.15, 0.2) is 0 Å². The van der Waals surface area contributed by atoms with Gasteiger partial charge in [-0.15, -0.1) is 0 Å². The minimum absolute atomic E-state index is 0.607. The highest BCUT2D eigenvalue weighted by Crippen LogP contribution is 2.19. The lowest BCUT2D eigenvalue weighted by atomic mass is 9.99. The van der Waals surface area contributed by atoms with E-state index in [1.165, 1.54) is 5.69 Å². The fourth-order valence-electron chi connectivity index (χ4n) is 3.02. The summed E-state index contributed by atoms with van der Waals surface area (Å²) in [6.07, 6.45) is 5.79. The average molecular weight is 273 g/mol. The van der Waals surface area contributed by atoms with Gasteiger partial charge in [0.05, 0.1) is 11.9 Å². The Labute approximate surface area is 120 Å². The molecule has 1 aliphatic heterocycles. The van der Waals surface area contributed by atoms with Gasteiger partial charge < -0.3 is 4.90 Å². The van der Waals surface area contributed by atoms with Crippen LogP contribution in [0.1, 0.15) is 19.5 Å². The molecule has 0 amide bonds. The van der Waals surface area contributed by atoms with Crippen molar-refractivity contribution in [1.82, 2.24) is 24.2 Å². The minimum Gasteiger partial charge on any atom is -0.304 e. The van der Waals surface area contributed by atoms with Crippen LogP contribution < -0.4 is 0 Å². The number of aromatic nitrogens is 3. The zero-order valence-electron chi connectivity index (χ0n) is 12.5. The van der Waals surface area contributed by atoms with Crippen LogP contribution in [0.2, 0.25) is 0 Å². The van der Waals surface area contributed by atoms with Crippen LogP contribution in [-0.2, 0) is 6.54 Å².